The van der Waals surface area contributed by atoms with Crippen molar-refractivity contribution in [1.82, 2.24) is 58.1 Å². The fourth-order valence-corrected chi connectivity index (χ4v) is 12.9. The molecule has 0 bridgehead atoms. The molecule has 12 heteroatoms. The van der Waals surface area contributed by atoms with E-state index in [2.05, 4.69) is 189 Å². The molecule has 10 heterocycles. The third kappa shape index (κ3) is 6.93. The predicted octanol–water partition coefficient (Wildman–Crippen LogP) is 16.2. The van der Waals surface area contributed by atoms with Gasteiger partial charge in [-0.2, -0.15) is 0 Å². The first-order valence-electron chi connectivity index (χ1n) is 27.6. The predicted molar refractivity (Wildman–Crippen MR) is 333 cm³/mol. The van der Waals surface area contributed by atoms with Gasteiger partial charge in [-0.25, -0.2) is 15.0 Å². The van der Waals surface area contributed by atoms with E-state index in [1.807, 2.05) is 86.0 Å². The molecule has 0 N–H and O–H groups in total. The van der Waals surface area contributed by atoms with Crippen molar-refractivity contribution >= 4 is 87.2 Å². The Morgan fingerprint density at radius 1 is 0.253 bits per heavy atom. The maximum atomic E-state index is 5.81. The summed E-state index contributed by atoms with van der Waals surface area (Å²) in [5.74, 6) is 1.45. The van der Waals surface area contributed by atoms with E-state index in [4.69, 9.17) is 39.9 Å². The molecule has 0 saturated carbocycles. The molecule has 0 spiro atoms. The Hall–Kier alpha value is -11.5. The first-order chi connectivity index (χ1) is 41.2. The van der Waals surface area contributed by atoms with Crippen LogP contribution in [-0.2, 0) is 0 Å². The lowest BCUT2D eigenvalue weighted by molar-refractivity contribution is 1.01. The van der Waals surface area contributed by atoms with E-state index in [1.165, 1.54) is 0 Å². The zero-order valence-corrected chi connectivity index (χ0v) is 44.5. The summed E-state index contributed by atoms with van der Waals surface area (Å²) in [5.41, 5.74) is 15.3. The molecule has 0 saturated heterocycles. The lowest BCUT2D eigenvalue weighted by Gasteiger charge is -2.30. The SMILES string of the molecule is Cc1cccc(-c2c(-n3c4ccccc4c4ccncc43)c(-c3nc(-c4ccccc4)nc(-c4ccccc4)n3)c(-n3c4ccccc4c4ccncc43)c(-n3c4ccccc4c4ccncc43)c2-n2c3ccccc3c3ccncc32)n1. The van der Waals surface area contributed by atoms with Crippen LogP contribution in [0.1, 0.15) is 5.69 Å². The number of benzene rings is 7. The van der Waals surface area contributed by atoms with Gasteiger partial charge in [0.2, 0.25) is 0 Å². The van der Waals surface area contributed by atoms with Crippen molar-refractivity contribution in [2.24, 2.45) is 0 Å². The lowest BCUT2D eigenvalue weighted by atomic mass is 9.94. The van der Waals surface area contributed by atoms with E-state index in [0.29, 0.717) is 23.0 Å². The van der Waals surface area contributed by atoms with E-state index in [-0.39, 0.29) is 0 Å². The first-order valence-corrected chi connectivity index (χ1v) is 27.6. The second-order valence-corrected chi connectivity index (χ2v) is 20.8. The quantitative estimate of drug-likeness (QED) is 0.147. The highest BCUT2D eigenvalue weighted by molar-refractivity contribution is 6.18. The maximum Gasteiger partial charge on any atom is 0.168 e. The highest BCUT2D eigenvalue weighted by Gasteiger charge is 2.37. The molecule has 0 atom stereocenters. The number of fused-ring (bicyclic) bond motifs is 12. The van der Waals surface area contributed by atoms with Gasteiger partial charge in [0.15, 0.2) is 17.5 Å². The van der Waals surface area contributed by atoms with Crippen molar-refractivity contribution in [3.63, 3.8) is 0 Å². The van der Waals surface area contributed by atoms with Crippen LogP contribution in [0.3, 0.4) is 0 Å². The average Bonchev–Trinajstić information content (AvgIpc) is 2.38. The summed E-state index contributed by atoms with van der Waals surface area (Å²) in [6.45, 7) is 2.06. The Labute approximate surface area is 473 Å². The third-order valence-corrected chi connectivity index (χ3v) is 16.3. The van der Waals surface area contributed by atoms with Gasteiger partial charge in [-0.15, -0.1) is 0 Å². The zero-order chi connectivity index (χ0) is 54.7. The number of rotatable bonds is 8. The largest absolute Gasteiger partial charge is 0.306 e. The molecule has 0 amide bonds. The van der Waals surface area contributed by atoms with Crippen LogP contribution in [0.5, 0.6) is 0 Å². The molecule has 0 fully saturated rings. The maximum absolute atomic E-state index is 5.81. The molecule has 7 aromatic carbocycles. The molecule has 12 nitrogen and oxygen atoms in total. The van der Waals surface area contributed by atoms with E-state index >= 15 is 0 Å². The smallest absolute Gasteiger partial charge is 0.168 e. The molecule has 17 aromatic rings. The second kappa shape index (κ2) is 18.3. The fraction of sp³-hybridized carbons (Fsp3) is 0.0141. The second-order valence-electron chi connectivity index (χ2n) is 20.8. The van der Waals surface area contributed by atoms with Crippen molar-refractivity contribution in [2.75, 3.05) is 0 Å². The Morgan fingerprint density at radius 3 is 1.00 bits per heavy atom. The number of nitrogens with zero attached hydrogens (tertiary/aromatic N) is 12. The summed E-state index contributed by atoms with van der Waals surface area (Å²) in [4.78, 5) is 42.5. The van der Waals surface area contributed by atoms with Gasteiger partial charge in [0.1, 0.15) is 0 Å². The van der Waals surface area contributed by atoms with Gasteiger partial charge in [0.05, 0.1) is 108 Å². The minimum absolute atomic E-state index is 0.428. The van der Waals surface area contributed by atoms with Crippen LogP contribution >= 0.6 is 0 Å². The normalized spacial score (nSPS) is 11.9. The van der Waals surface area contributed by atoms with Crippen molar-refractivity contribution in [3.8, 4) is 68.2 Å². The minimum atomic E-state index is 0.428. The summed E-state index contributed by atoms with van der Waals surface area (Å²) in [6.07, 6.45) is 15.5. The van der Waals surface area contributed by atoms with Crippen molar-refractivity contribution < 1.29 is 0 Å². The Morgan fingerprint density at radius 2 is 0.590 bits per heavy atom. The van der Waals surface area contributed by atoms with Gasteiger partial charge in [-0.05, 0) is 67.6 Å². The molecular formula is C71H44N12. The van der Waals surface area contributed by atoms with Crippen LogP contribution in [0.25, 0.3) is 155 Å². The van der Waals surface area contributed by atoms with Gasteiger partial charge in [-0.1, -0.05) is 140 Å². The van der Waals surface area contributed by atoms with Crippen LogP contribution in [0.15, 0.2) is 250 Å². The minimum Gasteiger partial charge on any atom is -0.306 e. The molecule has 0 aliphatic heterocycles. The van der Waals surface area contributed by atoms with Crippen molar-refractivity contribution in [1.29, 1.82) is 0 Å². The summed E-state index contributed by atoms with van der Waals surface area (Å²) in [7, 11) is 0. The van der Waals surface area contributed by atoms with Crippen LogP contribution in [0, 0.1) is 6.92 Å². The third-order valence-electron chi connectivity index (χ3n) is 16.3. The number of hydrogen-bond donors (Lipinski definition) is 0. The van der Waals surface area contributed by atoms with Crippen LogP contribution in [0.2, 0.25) is 0 Å². The number of para-hydroxylation sites is 4. The number of hydrogen-bond acceptors (Lipinski definition) is 8. The number of pyridine rings is 5. The van der Waals surface area contributed by atoms with Crippen LogP contribution in [0.4, 0.5) is 0 Å². The first kappa shape index (κ1) is 46.4. The van der Waals surface area contributed by atoms with Crippen molar-refractivity contribution in [2.45, 2.75) is 6.92 Å². The van der Waals surface area contributed by atoms with Crippen LogP contribution in [-0.4, -0.2) is 58.1 Å². The Bertz CT molecular complexity index is 5210. The lowest BCUT2D eigenvalue weighted by Crippen LogP contribution is -2.17. The Balaban J connectivity index is 1.26. The summed E-state index contributed by atoms with van der Waals surface area (Å²) >= 11 is 0. The monoisotopic (exact) mass is 1060 g/mol. The molecule has 17 rings (SSSR count). The zero-order valence-electron chi connectivity index (χ0n) is 44.5. The van der Waals surface area contributed by atoms with Gasteiger partial charge in [-0.3, -0.25) is 24.9 Å². The van der Waals surface area contributed by atoms with E-state index in [1.54, 1.807) is 0 Å². The van der Waals surface area contributed by atoms with Gasteiger partial charge in [0.25, 0.3) is 0 Å². The molecule has 83 heavy (non-hydrogen) atoms. The van der Waals surface area contributed by atoms with E-state index in [9.17, 15) is 0 Å². The van der Waals surface area contributed by atoms with Gasteiger partial charge in [0, 0.05) is 84.7 Å². The molecule has 10 aromatic heterocycles. The molecule has 0 radical (unpaired) electrons. The average molecular weight is 1070 g/mol. The molecule has 388 valence electrons. The van der Waals surface area contributed by atoms with Crippen molar-refractivity contribution in [3.05, 3.63) is 255 Å². The highest BCUT2D eigenvalue weighted by atomic mass is 15.2. The molecule has 0 aliphatic carbocycles. The van der Waals surface area contributed by atoms with E-state index < -0.39 is 0 Å². The fourth-order valence-electron chi connectivity index (χ4n) is 12.9. The molecule has 0 aliphatic rings. The topological polar surface area (TPSA) is 123 Å². The Kier molecular flexibility index (Phi) is 10.2. The molecular weight excluding hydrogens is 1020 g/mol. The summed E-state index contributed by atoms with van der Waals surface area (Å²) in [5, 5.41) is 8.34. The van der Waals surface area contributed by atoms with E-state index in [0.717, 1.165) is 138 Å². The summed E-state index contributed by atoms with van der Waals surface area (Å²) < 4.78 is 9.60. The summed E-state index contributed by atoms with van der Waals surface area (Å²) in [6, 6.07) is 69.7. The van der Waals surface area contributed by atoms with Gasteiger partial charge < -0.3 is 18.3 Å². The number of aromatic nitrogens is 12. The van der Waals surface area contributed by atoms with Gasteiger partial charge >= 0.3 is 0 Å². The highest BCUT2D eigenvalue weighted by Crippen LogP contribution is 2.54. The molecule has 0 unspecified atom stereocenters. The number of aryl methyl sites for hydroxylation is 1. The van der Waals surface area contributed by atoms with Crippen LogP contribution < -0.4 is 0 Å². The standard InChI is InChI=1S/C71H44N12/c1-43-17-16-26-54(76-43)63-65(80-55-27-12-8-22-46(55)50-31-35-72-39-59(50)80)64(71-78-69(44-18-4-2-5-19-44)77-70(79-71)45-20-6-3-7-21-45)67(82-57-29-14-10-24-48(57)52-33-37-74-41-61(52)82)68(83-58-30-15-11-25-49(58)53-34-38-75-42-62(53)83)66(63)81-56-28-13-9-23-47(56)51-32-36-73-40-60(51)81/h2-42H,1H3.